The van der Waals surface area contributed by atoms with Gasteiger partial charge in [-0.2, -0.15) is 5.11 Å². The summed E-state index contributed by atoms with van der Waals surface area (Å²) in [5.74, 6) is -0.284. The summed E-state index contributed by atoms with van der Waals surface area (Å²) >= 11 is 0. The molecule has 0 radical (unpaired) electrons. The van der Waals surface area contributed by atoms with E-state index >= 15 is 0 Å². The lowest BCUT2D eigenvalue weighted by molar-refractivity contribution is 0.102. The Morgan fingerprint density at radius 1 is 0.826 bits per heavy atom. The molecule has 0 bridgehead atoms. The minimum atomic E-state index is -0.284. The molecule has 0 saturated carbocycles. The normalized spacial score (nSPS) is 10.6. The van der Waals surface area contributed by atoms with Crippen LogP contribution in [0.15, 0.2) is 89.2 Å². The third-order valence-corrected chi connectivity index (χ3v) is 3.08. The van der Waals surface area contributed by atoms with Gasteiger partial charge in [-0.25, -0.2) is 0 Å². The lowest BCUT2D eigenvalue weighted by Crippen LogP contribution is -2.13. The third-order valence-electron chi connectivity index (χ3n) is 3.08. The van der Waals surface area contributed by atoms with Crippen molar-refractivity contribution in [3.05, 3.63) is 84.7 Å². The first-order chi connectivity index (χ1) is 11.3. The van der Waals surface area contributed by atoms with Gasteiger partial charge in [0.25, 0.3) is 5.91 Å². The second-order valence-corrected chi connectivity index (χ2v) is 4.72. The van der Waals surface area contributed by atoms with Crippen LogP contribution in [0, 0.1) is 0 Å². The number of amides is 1. The second-order valence-electron chi connectivity index (χ2n) is 4.72. The largest absolute Gasteiger partial charge is 0.319 e. The fourth-order valence-electron chi connectivity index (χ4n) is 1.96. The fraction of sp³-hybridized carbons (Fsp3) is 0. The molecule has 3 aromatic rings. The second kappa shape index (κ2) is 7.09. The molecule has 3 rings (SSSR count). The number of carbonyl (C=O) groups excluding carboxylic acids is 1. The van der Waals surface area contributed by atoms with Crippen LogP contribution >= 0.6 is 0 Å². The highest BCUT2D eigenvalue weighted by molar-refractivity contribution is 6.04. The van der Waals surface area contributed by atoms with Gasteiger partial charge >= 0.3 is 0 Å². The molecule has 1 heterocycles. The minimum Gasteiger partial charge on any atom is -0.319 e. The molecule has 0 unspecified atom stereocenters. The molecule has 0 fully saturated rings. The standard InChI is InChI=1S/C18H14N4O/c23-18(17-12-6-7-13-19-17)20-15-10-4-5-11-16(15)22-21-14-8-2-1-3-9-14/h1-13H,(H,20,23). The van der Waals surface area contributed by atoms with E-state index in [9.17, 15) is 4.79 Å². The predicted octanol–water partition coefficient (Wildman–Crippen LogP) is 4.75. The zero-order chi connectivity index (χ0) is 15.9. The molecule has 23 heavy (non-hydrogen) atoms. The summed E-state index contributed by atoms with van der Waals surface area (Å²) in [6.45, 7) is 0. The van der Waals surface area contributed by atoms with Gasteiger partial charge in [-0.05, 0) is 36.4 Å². The average Bonchev–Trinajstić information content (AvgIpc) is 2.62. The molecular formula is C18H14N4O. The summed E-state index contributed by atoms with van der Waals surface area (Å²) < 4.78 is 0. The van der Waals surface area contributed by atoms with Crippen LogP contribution < -0.4 is 5.32 Å². The minimum absolute atomic E-state index is 0.284. The van der Waals surface area contributed by atoms with E-state index < -0.39 is 0 Å². The van der Waals surface area contributed by atoms with Gasteiger partial charge in [0.15, 0.2) is 0 Å². The monoisotopic (exact) mass is 302 g/mol. The molecular weight excluding hydrogens is 288 g/mol. The van der Waals surface area contributed by atoms with Crippen LogP contribution in [0.4, 0.5) is 17.1 Å². The number of anilines is 1. The number of azo groups is 1. The van der Waals surface area contributed by atoms with Crippen LogP contribution in [-0.4, -0.2) is 10.9 Å². The molecule has 0 spiro atoms. The first-order valence-electron chi connectivity index (χ1n) is 7.11. The maximum Gasteiger partial charge on any atom is 0.274 e. The van der Waals surface area contributed by atoms with Crippen LogP contribution in [0.1, 0.15) is 10.5 Å². The third kappa shape index (κ3) is 3.85. The molecule has 0 atom stereocenters. The summed E-state index contributed by atoms with van der Waals surface area (Å²) in [5, 5.41) is 11.2. The van der Waals surface area contributed by atoms with Gasteiger partial charge < -0.3 is 5.32 Å². The highest BCUT2D eigenvalue weighted by Gasteiger charge is 2.09. The molecule has 2 aromatic carbocycles. The van der Waals surface area contributed by atoms with Crippen molar-refractivity contribution < 1.29 is 4.79 Å². The number of nitrogens with one attached hydrogen (secondary N) is 1. The molecule has 0 aliphatic carbocycles. The first-order valence-corrected chi connectivity index (χ1v) is 7.11. The van der Waals surface area contributed by atoms with E-state index in [-0.39, 0.29) is 5.91 Å². The van der Waals surface area contributed by atoms with E-state index in [0.717, 1.165) is 5.69 Å². The Morgan fingerprint density at radius 3 is 2.35 bits per heavy atom. The maximum atomic E-state index is 12.2. The number of carbonyl (C=O) groups is 1. The summed E-state index contributed by atoms with van der Waals surface area (Å²) in [7, 11) is 0. The van der Waals surface area contributed by atoms with Crippen molar-refractivity contribution >= 4 is 23.0 Å². The molecule has 1 aromatic heterocycles. The van der Waals surface area contributed by atoms with Crippen molar-refractivity contribution in [3.63, 3.8) is 0 Å². The van der Waals surface area contributed by atoms with Crippen molar-refractivity contribution in [2.45, 2.75) is 0 Å². The number of pyridine rings is 1. The molecule has 0 aliphatic rings. The average molecular weight is 302 g/mol. The van der Waals surface area contributed by atoms with E-state index in [1.165, 1.54) is 0 Å². The number of rotatable bonds is 4. The molecule has 0 saturated heterocycles. The van der Waals surface area contributed by atoms with Gasteiger partial charge in [0.05, 0.1) is 11.4 Å². The zero-order valence-corrected chi connectivity index (χ0v) is 12.3. The van der Waals surface area contributed by atoms with E-state index in [4.69, 9.17) is 0 Å². The van der Waals surface area contributed by atoms with E-state index in [0.29, 0.717) is 17.1 Å². The fourth-order valence-corrected chi connectivity index (χ4v) is 1.96. The van der Waals surface area contributed by atoms with E-state index in [2.05, 4.69) is 20.5 Å². The molecule has 1 N–H and O–H groups in total. The Kier molecular flexibility index (Phi) is 4.49. The van der Waals surface area contributed by atoms with Gasteiger partial charge in [-0.3, -0.25) is 9.78 Å². The van der Waals surface area contributed by atoms with Gasteiger partial charge in [0.1, 0.15) is 11.4 Å². The molecule has 112 valence electrons. The van der Waals surface area contributed by atoms with Gasteiger partial charge in [0, 0.05) is 6.20 Å². The highest BCUT2D eigenvalue weighted by Crippen LogP contribution is 2.26. The van der Waals surface area contributed by atoms with Crippen LogP contribution in [0.3, 0.4) is 0 Å². The van der Waals surface area contributed by atoms with Crippen LogP contribution in [0.2, 0.25) is 0 Å². The van der Waals surface area contributed by atoms with Gasteiger partial charge in [0.2, 0.25) is 0 Å². The number of para-hydroxylation sites is 1. The van der Waals surface area contributed by atoms with Crippen LogP contribution in [0.5, 0.6) is 0 Å². The number of benzene rings is 2. The Balaban J connectivity index is 1.81. The van der Waals surface area contributed by atoms with Gasteiger partial charge in [-0.1, -0.05) is 36.4 Å². The van der Waals surface area contributed by atoms with E-state index in [1.807, 2.05) is 42.5 Å². The lowest BCUT2D eigenvalue weighted by Gasteiger charge is -2.06. The smallest absolute Gasteiger partial charge is 0.274 e. The number of hydrogen-bond acceptors (Lipinski definition) is 4. The Labute approximate surface area is 133 Å². The topological polar surface area (TPSA) is 66.7 Å². The summed E-state index contributed by atoms with van der Waals surface area (Å²) in [6.07, 6.45) is 1.58. The molecule has 5 nitrogen and oxygen atoms in total. The predicted molar refractivity (Wildman–Crippen MR) is 89.3 cm³/mol. The van der Waals surface area contributed by atoms with Crippen molar-refractivity contribution in [2.75, 3.05) is 5.32 Å². The van der Waals surface area contributed by atoms with Crippen molar-refractivity contribution in [2.24, 2.45) is 10.2 Å². The summed E-state index contributed by atoms with van der Waals surface area (Å²) in [6, 6.07) is 21.8. The van der Waals surface area contributed by atoms with E-state index in [1.54, 1.807) is 36.5 Å². The van der Waals surface area contributed by atoms with Crippen LogP contribution in [-0.2, 0) is 0 Å². The number of hydrogen-bond donors (Lipinski definition) is 1. The maximum absolute atomic E-state index is 12.2. The Morgan fingerprint density at radius 2 is 1.57 bits per heavy atom. The van der Waals surface area contributed by atoms with Gasteiger partial charge in [-0.15, -0.1) is 5.11 Å². The number of aromatic nitrogens is 1. The zero-order valence-electron chi connectivity index (χ0n) is 12.3. The number of nitrogens with zero attached hydrogens (tertiary/aromatic N) is 3. The Hall–Kier alpha value is -3.34. The SMILES string of the molecule is O=C(Nc1ccccc1N=Nc1ccccc1)c1ccccn1. The van der Waals surface area contributed by atoms with Crippen molar-refractivity contribution in [1.29, 1.82) is 0 Å². The Bertz CT molecular complexity index is 817. The van der Waals surface area contributed by atoms with Crippen molar-refractivity contribution in [3.8, 4) is 0 Å². The summed E-state index contributed by atoms with van der Waals surface area (Å²) in [4.78, 5) is 16.2. The molecule has 5 heteroatoms. The first kappa shape index (κ1) is 14.6. The van der Waals surface area contributed by atoms with Crippen LogP contribution in [0.25, 0.3) is 0 Å². The van der Waals surface area contributed by atoms with Crippen molar-refractivity contribution in [1.82, 2.24) is 4.98 Å². The summed E-state index contributed by atoms with van der Waals surface area (Å²) in [5.41, 5.74) is 2.27. The highest BCUT2D eigenvalue weighted by atomic mass is 16.1. The molecule has 0 aliphatic heterocycles. The lowest BCUT2D eigenvalue weighted by atomic mass is 10.2. The molecule has 1 amide bonds. The quantitative estimate of drug-likeness (QED) is 0.707.